The van der Waals surface area contributed by atoms with Crippen molar-refractivity contribution in [2.75, 3.05) is 19.5 Å². The van der Waals surface area contributed by atoms with Gasteiger partial charge in [-0.05, 0) is 55.5 Å². The molecule has 0 atom stereocenters. The topological polar surface area (TPSA) is 153 Å². The summed E-state index contributed by atoms with van der Waals surface area (Å²) in [7, 11) is -0.957. The van der Waals surface area contributed by atoms with Crippen molar-refractivity contribution in [3.63, 3.8) is 0 Å². The average molecular weight is 622 g/mol. The van der Waals surface area contributed by atoms with E-state index in [-0.39, 0.29) is 22.5 Å². The number of ether oxygens (including phenoxy) is 2. The fourth-order valence-corrected chi connectivity index (χ4v) is 7.93. The van der Waals surface area contributed by atoms with E-state index in [9.17, 15) is 18.3 Å². The van der Waals surface area contributed by atoms with Crippen LogP contribution in [0, 0.1) is 0 Å². The summed E-state index contributed by atoms with van der Waals surface area (Å²) in [5, 5.41) is 14.1. The molecule has 2 aromatic heterocycles. The maximum Gasteiger partial charge on any atom is 0.335 e. The van der Waals surface area contributed by atoms with E-state index in [1.54, 1.807) is 36.2 Å². The molecule has 6 rings (SSSR count). The first kappa shape index (κ1) is 29.1. The molecule has 11 nitrogen and oxygen atoms in total. The molecule has 0 radical (unpaired) electrons. The first-order valence-electron chi connectivity index (χ1n) is 14.0. The Kier molecular flexibility index (Phi) is 8.12. The molecule has 2 aliphatic rings. The summed E-state index contributed by atoms with van der Waals surface area (Å²) in [6.07, 6.45) is 8.97. The number of carboxylic acid groups (broad SMARTS) is 1. The van der Waals surface area contributed by atoms with E-state index in [2.05, 4.69) is 25.0 Å². The smallest absolute Gasteiger partial charge is 0.335 e. The number of rotatable bonds is 11. The summed E-state index contributed by atoms with van der Waals surface area (Å²) >= 11 is 1.66. The van der Waals surface area contributed by atoms with Gasteiger partial charge in [0.05, 0.1) is 36.6 Å². The highest BCUT2D eigenvalue weighted by atomic mass is 32.2. The van der Waals surface area contributed by atoms with E-state index in [1.807, 2.05) is 12.1 Å². The highest BCUT2D eigenvalue weighted by molar-refractivity contribution is 8.00. The summed E-state index contributed by atoms with van der Waals surface area (Å²) in [5.41, 5.74) is 2.74. The van der Waals surface area contributed by atoms with Gasteiger partial charge in [-0.1, -0.05) is 25.0 Å². The number of nitrogens with zero attached hydrogens (tertiary/aromatic N) is 3. The van der Waals surface area contributed by atoms with Gasteiger partial charge in [-0.2, -0.15) is 4.98 Å². The van der Waals surface area contributed by atoms with Gasteiger partial charge < -0.3 is 19.9 Å². The number of sulfonamides is 1. The van der Waals surface area contributed by atoms with Crippen LogP contribution in [-0.4, -0.2) is 60.0 Å². The fourth-order valence-electron chi connectivity index (χ4n) is 5.17. The molecule has 0 amide bonds. The van der Waals surface area contributed by atoms with E-state index in [0.29, 0.717) is 44.5 Å². The van der Waals surface area contributed by atoms with Gasteiger partial charge in [-0.15, -0.1) is 11.8 Å². The van der Waals surface area contributed by atoms with Crippen molar-refractivity contribution in [2.24, 2.45) is 0 Å². The standard InChI is InChI=1S/C30H31N5O6S2/c1-40-28-24(15-32-30(34-28)41-2)17-7-10-23-25(13-17)31-16-26(43(38,39)35-19-8-9-19)27(23)33-20-11-18(29(36)37)12-22(14-20)42-21-5-3-4-6-21/h7,10-16,19,21,35H,3-6,8-9H2,1-2H3,(H,31,33)(H,36,37). The summed E-state index contributed by atoms with van der Waals surface area (Å²) < 4.78 is 40.3. The molecule has 0 unspecified atom stereocenters. The van der Waals surface area contributed by atoms with Gasteiger partial charge in [-0.25, -0.2) is 22.9 Å². The molecular weight excluding hydrogens is 590 g/mol. The highest BCUT2D eigenvalue weighted by Gasteiger charge is 2.31. The summed E-state index contributed by atoms with van der Waals surface area (Å²) in [5.74, 6) is -0.741. The minimum Gasteiger partial charge on any atom is -0.480 e. The van der Waals surface area contributed by atoms with Crippen LogP contribution in [0.5, 0.6) is 11.9 Å². The summed E-state index contributed by atoms with van der Waals surface area (Å²) in [6, 6.07) is 10.5. The maximum absolute atomic E-state index is 13.5. The third kappa shape index (κ3) is 6.38. The van der Waals surface area contributed by atoms with Crippen LogP contribution in [0.15, 0.2) is 58.6 Å². The SMILES string of the molecule is COc1ncc(-c2ccc3c(Nc4cc(SC5CCCC5)cc(C(=O)O)c4)c(S(=O)(=O)NC4CC4)cnc3c2)c(OC)n1. The lowest BCUT2D eigenvalue weighted by atomic mass is 10.0. The van der Waals surface area contributed by atoms with Gasteiger partial charge in [0.25, 0.3) is 0 Å². The Bertz CT molecular complexity index is 1810. The first-order chi connectivity index (χ1) is 20.7. The number of anilines is 2. The van der Waals surface area contributed by atoms with Crippen LogP contribution in [0.1, 0.15) is 48.9 Å². The van der Waals surface area contributed by atoms with Crippen LogP contribution in [0.3, 0.4) is 0 Å². The van der Waals surface area contributed by atoms with Crippen LogP contribution in [0.25, 0.3) is 22.0 Å². The van der Waals surface area contributed by atoms with E-state index >= 15 is 0 Å². The normalized spacial score (nSPS) is 15.5. The molecule has 4 aromatic rings. The Labute approximate surface area is 253 Å². The summed E-state index contributed by atoms with van der Waals surface area (Å²) in [6.45, 7) is 0. The summed E-state index contributed by atoms with van der Waals surface area (Å²) in [4.78, 5) is 25.8. The number of nitrogens with one attached hydrogen (secondary N) is 2. The number of methoxy groups -OCH3 is 2. The second-order valence-electron chi connectivity index (χ2n) is 10.6. The van der Waals surface area contributed by atoms with Crippen LogP contribution < -0.4 is 19.5 Å². The fraction of sp³-hybridized carbons (Fsp3) is 0.333. The van der Waals surface area contributed by atoms with E-state index in [4.69, 9.17) is 9.47 Å². The number of aromatic carboxylic acids is 1. The van der Waals surface area contributed by atoms with Crippen LogP contribution in [-0.2, 0) is 10.0 Å². The molecule has 2 saturated carbocycles. The number of benzene rings is 2. The van der Waals surface area contributed by atoms with Crippen molar-refractivity contribution >= 4 is 50.0 Å². The van der Waals surface area contributed by atoms with Gasteiger partial charge in [0.2, 0.25) is 15.9 Å². The number of thioether (sulfide) groups is 1. The number of aromatic nitrogens is 3. The zero-order valence-electron chi connectivity index (χ0n) is 23.7. The van der Waals surface area contributed by atoms with Crippen LogP contribution in [0.2, 0.25) is 0 Å². The van der Waals surface area contributed by atoms with Crippen molar-refractivity contribution in [1.29, 1.82) is 0 Å². The third-order valence-corrected chi connectivity index (χ3v) is 10.3. The Morgan fingerprint density at radius 2 is 1.79 bits per heavy atom. The molecule has 224 valence electrons. The molecule has 2 aromatic carbocycles. The number of carbonyl (C=O) groups is 1. The molecule has 2 aliphatic carbocycles. The number of hydrogen-bond donors (Lipinski definition) is 3. The number of fused-ring (bicyclic) bond motifs is 1. The second kappa shape index (κ2) is 12.0. The van der Waals surface area contributed by atoms with Gasteiger partial charge >= 0.3 is 12.0 Å². The van der Waals surface area contributed by atoms with Crippen molar-refractivity contribution < 1.29 is 27.8 Å². The van der Waals surface area contributed by atoms with Crippen molar-refractivity contribution in [2.45, 2.75) is 59.6 Å². The average Bonchev–Trinajstić information content (AvgIpc) is 3.65. The second-order valence-corrected chi connectivity index (χ2v) is 13.7. The van der Waals surface area contributed by atoms with Gasteiger partial charge in [0, 0.05) is 39.7 Å². The molecular formula is C30H31N5O6S2. The predicted molar refractivity (Wildman–Crippen MR) is 164 cm³/mol. The zero-order valence-corrected chi connectivity index (χ0v) is 25.3. The molecule has 0 spiro atoms. The third-order valence-electron chi connectivity index (χ3n) is 7.47. The minimum absolute atomic E-state index is 0.0178. The van der Waals surface area contributed by atoms with Crippen molar-refractivity contribution in [3.05, 3.63) is 54.4 Å². The van der Waals surface area contributed by atoms with Crippen molar-refractivity contribution in [3.8, 4) is 23.0 Å². The number of pyridine rings is 1. The van der Waals surface area contributed by atoms with Gasteiger partial charge in [0.15, 0.2) is 0 Å². The van der Waals surface area contributed by atoms with Crippen LogP contribution >= 0.6 is 11.8 Å². The zero-order chi connectivity index (χ0) is 30.1. The maximum atomic E-state index is 13.5. The lowest BCUT2D eigenvalue weighted by molar-refractivity contribution is 0.0696. The highest BCUT2D eigenvalue weighted by Crippen LogP contribution is 2.39. The van der Waals surface area contributed by atoms with E-state index in [0.717, 1.165) is 43.4 Å². The Hall–Kier alpha value is -3.94. The molecule has 0 bridgehead atoms. The van der Waals surface area contributed by atoms with E-state index in [1.165, 1.54) is 26.5 Å². The number of hydrogen-bond acceptors (Lipinski definition) is 10. The monoisotopic (exact) mass is 621 g/mol. The molecule has 43 heavy (non-hydrogen) atoms. The molecule has 0 aliphatic heterocycles. The molecule has 3 N–H and O–H groups in total. The van der Waals surface area contributed by atoms with Gasteiger partial charge in [0.1, 0.15) is 4.90 Å². The Balaban J connectivity index is 1.46. The Morgan fingerprint density at radius 1 is 1.00 bits per heavy atom. The molecule has 2 fully saturated rings. The molecule has 13 heteroatoms. The Morgan fingerprint density at radius 3 is 2.49 bits per heavy atom. The molecule has 0 saturated heterocycles. The molecule has 2 heterocycles. The van der Waals surface area contributed by atoms with Crippen LogP contribution in [0.4, 0.5) is 11.4 Å². The largest absolute Gasteiger partial charge is 0.480 e. The predicted octanol–water partition coefficient (Wildman–Crippen LogP) is 5.63. The quantitative estimate of drug-likeness (QED) is 0.191. The minimum atomic E-state index is -3.93. The number of carboxylic acids is 1. The van der Waals surface area contributed by atoms with Gasteiger partial charge in [-0.3, -0.25) is 4.98 Å². The lowest BCUT2D eigenvalue weighted by Crippen LogP contribution is -2.26. The van der Waals surface area contributed by atoms with Crippen molar-refractivity contribution in [1.82, 2.24) is 19.7 Å². The van der Waals surface area contributed by atoms with E-state index < -0.39 is 16.0 Å². The lowest BCUT2D eigenvalue weighted by Gasteiger charge is -2.18. The first-order valence-corrected chi connectivity index (χ1v) is 16.3.